The predicted octanol–water partition coefficient (Wildman–Crippen LogP) is 4.12. The van der Waals surface area contributed by atoms with Crippen LogP contribution in [0.3, 0.4) is 0 Å². The smallest absolute Gasteiger partial charge is 0.255 e. The van der Waals surface area contributed by atoms with Crippen molar-refractivity contribution in [3.8, 4) is 0 Å². The van der Waals surface area contributed by atoms with Gasteiger partial charge in [0.25, 0.3) is 5.91 Å². The number of carbonyl (C=O) groups excluding carboxylic acids is 1. The lowest BCUT2D eigenvalue weighted by atomic mass is 10.1. The summed E-state index contributed by atoms with van der Waals surface area (Å²) in [5, 5.41) is 2.86. The van der Waals surface area contributed by atoms with Crippen molar-refractivity contribution in [3.05, 3.63) is 59.2 Å². The number of nitrogens with zero attached hydrogens (tertiary/aromatic N) is 1. The van der Waals surface area contributed by atoms with E-state index < -0.39 is 10.0 Å². The summed E-state index contributed by atoms with van der Waals surface area (Å²) in [6, 6.07) is 12.3. The maximum absolute atomic E-state index is 13.0. The van der Waals surface area contributed by atoms with Crippen molar-refractivity contribution in [2.45, 2.75) is 44.4 Å². The van der Waals surface area contributed by atoms with Gasteiger partial charge in [-0.05, 0) is 62.1 Å². The molecular weight excluding hydrogens is 360 g/mol. The number of anilines is 1. The van der Waals surface area contributed by atoms with Gasteiger partial charge in [-0.25, -0.2) is 8.42 Å². The highest BCUT2D eigenvalue weighted by atomic mass is 32.2. The summed E-state index contributed by atoms with van der Waals surface area (Å²) in [6.45, 7) is 4.85. The molecule has 0 radical (unpaired) electrons. The Bertz CT molecular complexity index is 930. The quantitative estimate of drug-likeness (QED) is 0.859. The van der Waals surface area contributed by atoms with Gasteiger partial charge in [-0.3, -0.25) is 4.79 Å². The van der Waals surface area contributed by atoms with Crippen molar-refractivity contribution in [1.29, 1.82) is 0 Å². The van der Waals surface area contributed by atoms with Crippen LogP contribution in [0.4, 0.5) is 5.69 Å². The van der Waals surface area contributed by atoms with E-state index in [1.165, 1.54) is 6.07 Å². The summed E-state index contributed by atoms with van der Waals surface area (Å²) in [5.74, 6) is -0.300. The molecule has 27 heavy (non-hydrogen) atoms. The predicted molar refractivity (Wildman–Crippen MR) is 108 cm³/mol. The Balaban J connectivity index is 1.88. The number of sulfonamides is 1. The highest BCUT2D eigenvalue weighted by molar-refractivity contribution is 7.89. The first-order chi connectivity index (χ1) is 12.9. The van der Waals surface area contributed by atoms with Crippen molar-refractivity contribution in [2.75, 3.05) is 18.4 Å². The first-order valence-corrected chi connectivity index (χ1v) is 10.8. The molecule has 5 nitrogen and oxygen atoms in total. The van der Waals surface area contributed by atoms with Gasteiger partial charge < -0.3 is 5.32 Å². The number of amides is 1. The van der Waals surface area contributed by atoms with E-state index in [0.29, 0.717) is 24.3 Å². The molecule has 0 unspecified atom stereocenters. The highest BCUT2D eigenvalue weighted by Gasteiger charge is 2.26. The molecule has 2 aromatic carbocycles. The fourth-order valence-electron chi connectivity index (χ4n) is 3.36. The summed E-state index contributed by atoms with van der Waals surface area (Å²) >= 11 is 0. The van der Waals surface area contributed by atoms with Gasteiger partial charge in [0.2, 0.25) is 10.0 Å². The molecule has 0 bridgehead atoms. The topological polar surface area (TPSA) is 66.5 Å². The number of hydrogen-bond donors (Lipinski definition) is 1. The Hall–Kier alpha value is -2.18. The maximum Gasteiger partial charge on any atom is 0.255 e. The SMILES string of the molecule is Cc1cccc(NC(=O)c2cc(S(=O)(=O)N3CCCCCC3)ccc2C)c1. The highest BCUT2D eigenvalue weighted by Crippen LogP contribution is 2.23. The van der Waals surface area contributed by atoms with Gasteiger partial charge in [0.15, 0.2) is 0 Å². The standard InChI is InChI=1S/C21H26N2O3S/c1-16-8-7-9-18(14-16)22-21(24)20-15-19(11-10-17(20)2)27(25,26)23-12-5-3-4-6-13-23/h7-11,14-15H,3-6,12-13H2,1-2H3,(H,22,24). The number of benzene rings is 2. The van der Waals surface area contributed by atoms with Crippen LogP contribution in [0.25, 0.3) is 0 Å². The van der Waals surface area contributed by atoms with Crippen LogP contribution in [0.1, 0.15) is 47.2 Å². The van der Waals surface area contributed by atoms with E-state index in [9.17, 15) is 13.2 Å². The Kier molecular flexibility index (Phi) is 5.97. The average molecular weight is 387 g/mol. The second kappa shape index (κ2) is 8.23. The monoisotopic (exact) mass is 386 g/mol. The van der Waals surface area contributed by atoms with Crippen LogP contribution in [0, 0.1) is 13.8 Å². The fraction of sp³-hybridized carbons (Fsp3) is 0.381. The van der Waals surface area contributed by atoms with E-state index in [-0.39, 0.29) is 10.8 Å². The van der Waals surface area contributed by atoms with Crippen LogP contribution in [0.15, 0.2) is 47.4 Å². The van der Waals surface area contributed by atoms with Crippen molar-refractivity contribution in [3.63, 3.8) is 0 Å². The van der Waals surface area contributed by atoms with Gasteiger partial charge in [-0.2, -0.15) is 4.31 Å². The lowest BCUT2D eigenvalue weighted by molar-refractivity contribution is 0.102. The van der Waals surface area contributed by atoms with Gasteiger partial charge in [0.1, 0.15) is 0 Å². The minimum atomic E-state index is -3.58. The average Bonchev–Trinajstić information content (AvgIpc) is 2.92. The fourth-order valence-corrected chi connectivity index (χ4v) is 4.90. The van der Waals surface area contributed by atoms with Crippen LogP contribution in [0.5, 0.6) is 0 Å². The van der Waals surface area contributed by atoms with E-state index in [4.69, 9.17) is 0 Å². The zero-order chi connectivity index (χ0) is 19.4. The first-order valence-electron chi connectivity index (χ1n) is 9.37. The molecule has 1 fully saturated rings. The van der Waals surface area contributed by atoms with Crippen molar-refractivity contribution in [1.82, 2.24) is 4.31 Å². The Morgan fingerprint density at radius 1 is 0.963 bits per heavy atom. The summed E-state index contributed by atoms with van der Waals surface area (Å²) < 4.78 is 27.6. The van der Waals surface area contributed by atoms with Crippen LogP contribution in [0.2, 0.25) is 0 Å². The largest absolute Gasteiger partial charge is 0.322 e. The van der Waals surface area contributed by atoms with E-state index in [1.54, 1.807) is 16.4 Å². The number of nitrogens with one attached hydrogen (secondary N) is 1. The molecule has 1 amide bonds. The first kappa shape index (κ1) is 19.6. The molecule has 0 spiro atoms. The third-order valence-electron chi connectivity index (χ3n) is 4.93. The number of rotatable bonds is 4. The second-order valence-corrected chi connectivity index (χ2v) is 9.06. The molecule has 144 valence electrons. The van der Waals surface area contributed by atoms with Crippen molar-refractivity contribution >= 4 is 21.6 Å². The molecule has 1 aliphatic heterocycles. The van der Waals surface area contributed by atoms with E-state index in [0.717, 1.165) is 36.8 Å². The van der Waals surface area contributed by atoms with E-state index >= 15 is 0 Å². The van der Waals surface area contributed by atoms with Gasteiger partial charge in [0, 0.05) is 24.3 Å². The molecule has 0 aliphatic carbocycles. The van der Waals surface area contributed by atoms with Crippen LogP contribution >= 0.6 is 0 Å². The normalized spacial score (nSPS) is 15.9. The second-order valence-electron chi connectivity index (χ2n) is 7.12. The molecule has 3 rings (SSSR count). The molecule has 1 heterocycles. The van der Waals surface area contributed by atoms with E-state index in [2.05, 4.69) is 5.32 Å². The molecule has 0 aromatic heterocycles. The molecule has 1 N–H and O–H groups in total. The molecule has 0 atom stereocenters. The zero-order valence-electron chi connectivity index (χ0n) is 15.9. The van der Waals surface area contributed by atoms with Gasteiger partial charge in [-0.15, -0.1) is 0 Å². The Morgan fingerprint density at radius 2 is 1.67 bits per heavy atom. The summed E-state index contributed by atoms with van der Waals surface area (Å²) in [5.41, 5.74) is 2.87. The number of hydrogen-bond acceptors (Lipinski definition) is 3. The third-order valence-corrected chi connectivity index (χ3v) is 6.83. The lowest BCUT2D eigenvalue weighted by Gasteiger charge is -2.20. The van der Waals surface area contributed by atoms with Crippen LogP contribution in [-0.2, 0) is 10.0 Å². The zero-order valence-corrected chi connectivity index (χ0v) is 16.7. The van der Waals surface area contributed by atoms with Crippen molar-refractivity contribution < 1.29 is 13.2 Å². The minimum Gasteiger partial charge on any atom is -0.322 e. The number of carbonyl (C=O) groups is 1. The molecular formula is C21H26N2O3S. The van der Waals surface area contributed by atoms with Gasteiger partial charge >= 0.3 is 0 Å². The molecule has 0 saturated carbocycles. The summed E-state index contributed by atoms with van der Waals surface area (Å²) in [4.78, 5) is 12.9. The van der Waals surface area contributed by atoms with Gasteiger partial charge in [0.05, 0.1) is 4.90 Å². The third kappa shape index (κ3) is 4.57. The molecule has 6 heteroatoms. The van der Waals surface area contributed by atoms with Crippen molar-refractivity contribution in [2.24, 2.45) is 0 Å². The Labute approximate surface area is 161 Å². The summed E-state index contributed by atoms with van der Waals surface area (Å²) in [7, 11) is -3.58. The molecule has 2 aromatic rings. The maximum atomic E-state index is 13.0. The lowest BCUT2D eigenvalue weighted by Crippen LogP contribution is -2.32. The van der Waals surface area contributed by atoms with Gasteiger partial charge in [-0.1, -0.05) is 31.0 Å². The summed E-state index contributed by atoms with van der Waals surface area (Å²) in [6.07, 6.45) is 3.88. The minimum absolute atomic E-state index is 0.185. The molecule has 1 aliphatic rings. The van der Waals surface area contributed by atoms with E-state index in [1.807, 2.05) is 38.1 Å². The van der Waals surface area contributed by atoms with Crippen LogP contribution in [-0.4, -0.2) is 31.7 Å². The Morgan fingerprint density at radius 3 is 2.33 bits per heavy atom. The molecule has 1 saturated heterocycles. The number of aryl methyl sites for hydroxylation is 2. The van der Waals surface area contributed by atoms with Crippen LogP contribution < -0.4 is 5.32 Å².